The summed E-state index contributed by atoms with van der Waals surface area (Å²) in [5.74, 6) is -0.475. The molecular weight excluding hydrogens is 264 g/mol. The highest BCUT2D eigenvalue weighted by molar-refractivity contribution is 6.12. The third-order valence-electron chi connectivity index (χ3n) is 4.45. The monoisotopic (exact) mass is 284 g/mol. The minimum atomic E-state index is -0.214. The quantitative estimate of drug-likeness (QED) is 0.823. The maximum Gasteiger partial charge on any atom is 0.197 e. The number of phenolic OH excluding ortho intramolecular Hbond substituents is 2. The molecule has 0 atom stereocenters. The van der Waals surface area contributed by atoms with Crippen molar-refractivity contribution in [3.8, 4) is 11.5 Å². The van der Waals surface area contributed by atoms with Crippen molar-refractivity contribution in [3.63, 3.8) is 0 Å². The molecule has 0 aromatic heterocycles. The molecule has 2 aromatic rings. The van der Waals surface area contributed by atoms with Gasteiger partial charge < -0.3 is 10.2 Å². The maximum atomic E-state index is 12.8. The Balaban J connectivity index is 2.70. The third kappa shape index (κ3) is 2.40. The van der Waals surface area contributed by atoms with Crippen molar-refractivity contribution >= 4 is 5.78 Å². The maximum absolute atomic E-state index is 12.8. The van der Waals surface area contributed by atoms with E-state index in [-0.39, 0.29) is 22.8 Å². The Bertz CT molecular complexity index is 714. The fourth-order valence-corrected chi connectivity index (χ4v) is 2.69. The Hall–Kier alpha value is -2.29. The zero-order chi connectivity index (χ0) is 15.9. The first-order valence-electron chi connectivity index (χ1n) is 6.89. The van der Waals surface area contributed by atoms with E-state index in [4.69, 9.17) is 0 Å². The van der Waals surface area contributed by atoms with E-state index in [9.17, 15) is 15.0 Å². The number of hydrogen-bond donors (Lipinski definition) is 2. The van der Waals surface area contributed by atoms with E-state index in [1.54, 1.807) is 0 Å². The molecule has 2 rings (SSSR count). The molecule has 0 unspecified atom stereocenters. The van der Waals surface area contributed by atoms with Crippen LogP contribution in [0.5, 0.6) is 11.5 Å². The Morgan fingerprint density at radius 2 is 1.29 bits per heavy atom. The van der Waals surface area contributed by atoms with E-state index in [1.165, 1.54) is 23.8 Å². The highest BCUT2D eigenvalue weighted by Crippen LogP contribution is 2.31. The van der Waals surface area contributed by atoms with Crippen LogP contribution in [0.1, 0.15) is 43.7 Å². The molecule has 3 nitrogen and oxygen atoms in total. The number of benzene rings is 2. The number of carbonyl (C=O) groups excluding carboxylic acids is 1. The van der Waals surface area contributed by atoms with Gasteiger partial charge in [0.05, 0.1) is 5.56 Å². The second-order valence-corrected chi connectivity index (χ2v) is 5.53. The summed E-state index contributed by atoms with van der Waals surface area (Å²) >= 11 is 0. The highest BCUT2D eigenvalue weighted by atomic mass is 16.3. The van der Waals surface area contributed by atoms with Crippen LogP contribution in [0.3, 0.4) is 0 Å². The summed E-state index contributed by atoms with van der Waals surface area (Å²) in [4.78, 5) is 12.8. The van der Waals surface area contributed by atoms with Gasteiger partial charge in [0.1, 0.15) is 11.5 Å². The molecule has 0 aliphatic carbocycles. The third-order valence-corrected chi connectivity index (χ3v) is 4.45. The molecule has 0 bridgehead atoms. The van der Waals surface area contributed by atoms with Crippen LogP contribution in [0.15, 0.2) is 18.2 Å². The van der Waals surface area contributed by atoms with E-state index in [2.05, 4.69) is 6.92 Å². The highest BCUT2D eigenvalue weighted by Gasteiger charge is 2.21. The van der Waals surface area contributed by atoms with Gasteiger partial charge in [-0.3, -0.25) is 4.79 Å². The molecule has 0 amide bonds. The van der Waals surface area contributed by atoms with Gasteiger partial charge in [-0.2, -0.15) is 0 Å². The fourth-order valence-electron chi connectivity index (χ4n) is 2.69. The summed E-state index contributed by atoms with van der Waals surface area (Å²) in [5.41, 5.74) is 6.11. The van der Waals surface area contributed by atoms with Crippen molar-refractivity contribution in [1.82, 2.24) is 0 Å². The number of phenols is 2. The normalized spacial score (nSPS) is 10.7. The van der Waals surface area contributed by atoms with Crippen LogP contribution in [0, 0.1) is 34.6 Å². The molecule has 0 fully saturated rings. The predicted octanol–water partition coefficient (Wildman–Crippen LogP) is 3.87. The fraction of sp³-hybridized carbons (Fsp3) is 0.278. The number of rotatable bonds is 2. The van der Waals surface area contributed by atoms with Crippen LogP contribution in [0.2, 0.25) is 0 Å². The molecule has 21 heavy (non-hydrogen) atoms. The number of hydrogen-bond acceptors (Lipinski definition) is 3. The predicted molar refractivity (Wildman–Crippen MR) is 83.3 cm³/mol. The Kier molecular flexibility index (Phi) is 3.77. The van der Waals surface area contributed by atoms with Crippen LogP contribution in [0.4, 0.5) is 0 Å². The molecule has 0 saturated carbocycles. The molecule has 2 N–H and O–H groups in total. The van der Waals surface area contributed by atoms with E-state index >= 15 is 0 Å². The largest absolute Gasteiger partial charge is 0.508 e. The van der Waals surface area contributed by atoms with Crippen LogP contribution in [0.25, 0.3) is 0 Å². The second kappa shape index (κ2) is 5.24. The van der Waals surface area contributed by atoms with E-state index in [0.29, 0.717) is 5.56 Å². The first-order chi connectivity index (χ1) is 9.75. The van der Waals surface area contributed by atoms with Crippen molar-refractivity contribution < 1.29 is 15.0 Å². The summed E-state index contributed by atoms with van der Waals surface area (Å²) in [5, 5.41) is 19.3. The van der Waals surface area contributed by atoms with Crippen LogP contribution < -0.4 is 0 Å². The van der Waals surface area contributed by atoms with Gasteiger partial charge in [0.2, 0.25) is 0 Å². The minimum Gasteiger partial charge on any atom is -0.508 e. The lowest BCUT2D eigenvalue weighted by Crippen LogP contribution is -2.10. The van der Waals surface area contributed by atoms with E-state index in [0.717, 1.165) is 22.3 Å². The van der Waals surface area contributed by atoms with Crippen LogP contribution in [-0.2, 0) is 0 Å². The first-order valence-corrected chi connectivity index (χ1v) is 6.89. The SMILES string of the molecule is Cc1c(C)c(C)c(C(=O)c2ccc(O)cc2O)c(C)c1C. The summed E-state index contributed by atoms with van der Waals surface area (Å²) in [6, 6.07) is 4.05. The lowest BCUT2D eigenvalue weighted by Gasteiger charge is -2.18. The van der Waals surface area contributed by atoms with Crippen LogP contribution in [-0.4, -0.2) is 16.0 Å². The van der Waals surface area contributed by atoms with Crippen LogP contribution >= 0.6 is 0 Å². The zero-order valence-corrected chi connectivity index (χ0v) is 13.0. The first kappa shape index (κ1) is 15.1. The Morgan fingerprint density at radius 3 is 1.76 bits per heavy atom. The number of carbonyl (C=O) groups is 1. The molecule has 0 saturated heterocycles. The molecule has 3 heteroatoms. The molecule has 0 radical (unpaired) electrons. The lowest BCUT2D eigenvalue weighted by atomic mass is 9.86. The second-order valence-electron chi connectivity index (χ2n) is 5.53. The molecule has 110 valence electrons. The topological polar surface area (TPSA) is 57.5 Å². The summed E-state index contributed by atoms with van der Waals surface area (Å²) in [6.07, 6.45) is 0. The van der Waals surface area contributed by atoms with Crippen molar-refractivity contribution in [2.75, 3.05) is 0 Å². The standard InChI is InChI=1S/C18H20O3/c1-9-10(2)12(4)17(13(5)11(9)3)18(21)15-7-6-14(19)8-16(15)20/h6-8,19-20H,1-5H3. The van der Waals surface area contributed by atoms with E-state index < -0.39 is 0 Å². The summed E-state index contributed by atoms with van der Waals surface area (Å²) in [7, 11) is 0. The van der Waals surface area contributed by atoms with Crippen molar-refractivity contribution in [2.45, 2.75) is 34.6 Å². The zero-order valence-electron chi connectivity index (χ0n) is 13.0. The van der Waals surface area contributed by atoms with E-state index in [1.807, 2.05) is 27.7 Å². The molecular formula is C18H20O3. The Morgan fingerprint density at radius 1 is 0.810 bits per heavy atom. The summed E-state index contributed by atoms with van der Waals surface area (Å²) in [6.45, 7) is 9.92. The van der Waals surface area contributed by atoms with Gasteiger partial charge in [0.25, 0.3) is 0 Å². The van der Waals surface area contributed by atoms with Gasteiger partial charge >= 0.3 is 0 Å². The van der Waals surface area contributed by atoms with Gasteiger partial charge in [-0.1, -0.05) is 0 Å². The molecule has 0 aliphatic rings. The molecule has 0 aliphatic heterocycles. The van der Waals surface area contributed by atoms with Crippen molar-refractivity contribution in [3.05, 3.63) is 57.1 Å². The number of aromatic hydroxyl groups is 2. The average molecular weight is 284 g/mol. The molecule has 2 aromatic carbocycles. The van der Waals surface area contributed by atoms with Crippen molar-refractivity contribution in [2.24, 2.45) is 0 Å². The smallest absolute Gasteiger partial charge is 0.197 e. The summed E-state index contributed by atoms with van der Waals surface area (Å²) < 4.78 is 0. The molecule has 0 heterocycles. The van der Waals surface area contributed by atoms with Gasteiger partial charge in [-0.05, 0) is 74.6 Å². The Labute approximate surface area is 124 Å². The average Bonchev–Trinajstić information content (AvgIpc) is 2.43. The number of ketones is 1. The van der Waals surface area contributed by atoms with Crippen molar-refractivity contribution in [1.29, 1.82) is 0 Å². The van der Waals surface area contributed by atoms with Gasteiger partial charge in [0.15, 0.2) is 5.78 Å². The lowest BCUT2D eigenvalue weighted by molar-refractivity contribution is 0.103. The van der Waals surface area contributed by atoms with Gasteiger partial charge in [-0.25, -0.2) is 0 Å². The molecule has 0 spiro atoms. The minimum absolute atomic E-state index is 0.0613. The van der Waals surface area contributed by atoms with Gasteiger partial charge in [0, 0.05) is 11.6 Å². The van der Waals surface area contributed by atoms with Gasteiger partial charge in [-0.15, -0.1) is 0 Å².